The summed E-state index contributed by atoms with van der Waals surface area (Å²) < 4.78 is 0. The van der Waals surface area contributed by atoms with Crippen LogP contribution in [0.1, 0.15) is 51.3 Å². The second-order valence-corrected chi connectivity index (χ2v) is 4.94. The van der Waals surface area contributed by atoms with Crippen LogP contribution in [0.25, 0.3) is 0 Å². The van der Waals surface area contributed by atoms with Gasteiger partial charge in [-0.15, -0.1) is 0 Å². The van der Waals surface area contributed by atoms with Gasteiger partial charge in [0.2, 0.25) is 0 Å². The van der Waals surface area contributed by atoms with Crippen molar-refractivity contribution in [1.29, 1.82) is 0 Å². The average Bonchev–Trinajstić information content (AvgIpc) is 2.43. The topological polar surface area (TPSA) is 42.1 Å². The van der Waals surface area contributed by atoms with Gasteiger partial charge < -0.3 is 5.73 Å². The van der Waals surface area contributed by atoms with E-state index in [1.165, 1.54) is 19.3 Å². The molecule has 0 amide bonds. The molecular formula is C15H27N3. The molecule has 3 heteroatoms. The number of hydrogen-bond donors (Lipinski definition) is 1. The van der Waals surface area contributed by atoms with Gasteiger partial charge in [0.15, 0.2) is 0 Å². The van der Waals surface area contributed by atoms with Crippen molar-refractivity contribution in [3.05, 3.63) is 29.6 Å². The first kappa shape index (κ1) is 15.1. The third-order valence-corrected chi connectivity index (χ3v) is 3.50. The summed E-state index contributed by atoms with van der Waals surface area (Å²) in [6.45, 7) is 9.45. The lowest BCUT2D eigenvalue weighted by Crippen LogP contribution is -2.33. The van der Waals surface area contributed by atoms with Crippen molar-refractivity contribution in [3.63, 3.8) is 0 Å². The molecule has 0 spiro atoms. The summed E-state index contributed by atoms with van der Waals surface area (Å²) >= 11 is 0. The maximum Gasteiger partial charge on any atom is 0.0544 e. The minimum Gasteiger partial charge on any atom is -0.326 e. The molecule has 1 rings (SSSR count). The van der Waals surface area contributed by atoms with E-state index in [1.54, 1.807) is 0 Å². The maximum atomic E-state index is 5.59. The van der Waals surface area contributed by atoms with E-state index in [-0.39, 0.29) is 0 Å². The maximum absolute atomic E-state index is 5.59. The first-order valence-corrected chi connectivity index (χ1v) is 7.09. The van der Waals surface area contributed by atoms with Crippen molar-refractivity contribution in [2.75, 3.05) is 6.54 Å². The van der Waals surface area contributed by atoms with Gasteiger partial charge in [0, 0.05) is 25.3 Å². The molecule has 0 radical (unpaired) electrons. The predicted octanol–water partition coefficient (Wildman–Crippen LogP) is 2.94. The van der Waals surface area contributed by atoms with Gasteiger partial charge in [-0.3, -0.25) is 9.88 Å². The zero-order valence-electron chi connectivity index (χ0n) is 12.0. The molecule has 0 aromatic carbocycles. The Morgan fingerprint density at radius 1 is 1.33 bits per heavy atom. The molecule has 18 heavy (non-hydrogen) atoms. The monoisotopic (exact) mass is 249 g/mol. The zero-order chi connectivity index (χ0) is 13.4. The highest BCUT2D eigenvalue weighted by Gasteiger charge is 2.12. The zero-order valence-corrected chi connectivity index (χ0v) is 12.0. The number of rotatable bonds is 8. The molecule has 0 aliphatic heterocycles. The third kappa shape index (κ3) is 4.75. The van der Waals surface area contributed by atoms with Crippen LogP contribution in [0.15, 0.2) is 18.3 Å². The van der Waals surface area contributed by atoms with Crippen molar-refractivity contribution < 1.29 is 0 Å². The van der Waals surface area contributed by atoms with Gasteiger partial charge in [-0.25, -0.2) is 0 Å². The van der Waals surface area contributed by atoms with Crippen LogP contribution >= 0.6 is 0 Å². The molecule has 1 aromatic heterocycles. The molecule has 102 valence electrons. The molecule has 0 saturated heterocycles. The summed E-state index contributed by atoms with van der Waals surface area (Å²) in [4.78, 5) is 7.01. The Bertz CT molecular complexity index is 321. The first-order valence-electron chi connectivity index (χ1n) is 7.09. The minimum absolute atomic E-state index is 0.568. The summed E-state index contributed by atoms with van der Waals surface area (Å²) in [5, 5.41) is 0. The fraction of sp³-hybridized carbons (Fsp3) is 0.667. The molecule has 0 fully saturated rings. The summed E-state index contributed by atoms with van der Waals surface area (Å²) in [5.74, 6) is 0. The highest BCUT2D eigenvalue weighted by Crippen LogP contribution is 2.11. The molecule has 1 aromatic rings. The van der Waals surface area contributed by atoms with Crippen LogP contribution in [0.5, 0.6) is 0 Å². The molecule has 0 bridgehead atoms. The molecule has 1 heterocycles. The van der Waals surface area contributed by atoms with Crippen molar-refractivity contribution >= 4 is 0 Å². The van der Waals surface area contributed by atoms with Crippen molar-refractivity contribution in [2.24, 2.45) is 5.73 Å². The molecule has 1 unspecified atom stereocenters. The summed E-state index contributed by atoms with van der Waals surface area (Å²) in [5.41, 5.74) is 7.83. The molecule has 3 nitrogen and oxygen atoms in total. The number of hydrogen-bond acceptors (Lipinski definition) is 3. The van der Waals surface area contributed by atoms with Gasteiger partial charge in [-0.1, -0.05) is 26.3 Å². The predicted molar refractivity (Wildman–Crippen MR) is 77.2 cm³/mol. The van der Waals surface area contributed by atoms with E-state index < -0.39 is 0 Å². The van der Waals surface area contributed by atoms with Crippen LogP contribution in [-0.4, -0.2) is 22.5 Å². The lowest BCUT2D eigenvalue weighted by atomic mass is 10.1. The number of nitrogens with two attached hydrogens (primary N) is 1. The van der Waals surface area contributed by atoms with Crippen molar-refractivity contribution in [3.8, 4) is 0 Å². The Balaban J connectivity index is 2.62. The molecular weight excluding hydrogens is 222 g/mol. The van der Waals surface area contributed by atoms with E-state index in [9.17, 15) is 0 Å². The normalized spacial score (nSPS) is 12.9. The van der Waals surface area contributed by atoms with Gasteiger partial charge in [0.1, 0.15) is 0 Å². The van der Waals surface area contributed by atoms with Gasteiger partial charge in [-0.05, 0) is 37.9 Å². The van der Waals surface area contributed by atoms with E-state index >= 15 is 0 Å². The molecule has 2 N–H and O–H groups in total. The van der Waals surface area contributed by atoms with Gasteiger partial charge in [-0.2, -0.15) is 0 Å². The quantitative estimate of drug-likeness (QED) is 0.770. The molecule has 0 saturated carbocycles. The van der Waals surface area contributed by atoms with Crippen LogP contribution < -0.4 is 5.73 Å². The number of aromatic nitrogens is 1. The Labute approximate surface area is 111 Å². The Morgan fingerprint density at radius 2 is 2.11 bits per heavy atom. The van der Waals surface area contributed by atoms with E-state index in [1.807, 2.05) is 6.20 Å². The average molecular weight is 249 g/mol. The fourth-order valence-electron chi connectivity index (χ4n) is 1.95. The van der Waals surface area contributed by atoms with Crippen molar-refractivity contribution in [1.82, 2.24) is 9.88 Å². The highest BCUT2D eigenvalue weighted by molar-refractivity contribution is 5.13. The molecule has 1 atom stereocenters. The Morgan fingerprint density at radius 3 is 2.61 bits per heavy atom. The Kier molecular flexibility index (Phi) is 6.91. The van der Waals surface area contributed by atoms with Crippen LogP contribution in [0, 0.1) is 0 Å². The number of pyridine rings is 1. The summed E-state index contributed by atoms with van der Waals surface area (Å²) in [7, 11) is 0. The van der Waals surface area contributed by atoms with Crippen LogP contribution in [-0.2, 0) is 13.1 Å². The standard InChI is InChI=1S/C15H27N3/c1-4-6-9-18(13(3)5-2)12-15-8-7-14(10-16)11-17-15/h7-8,11,13H,4-6,9-10,12,16H2,1-3H3. The van der Waals surface area contributed by atoms with Crippen LogP contribution in [0.4, 0.5) is 0 Å². The fourth-order valence-corrected chi connectivity index (χ4v) is 1.95. The second kappa shape index (κ2) is 8.22. The van der Waals surface area contributed by atoms with Crippen LogP contribution in [0.2, 0.25) is 0 Å². The van der Waals surface area contributed by atoms with Gasteiger partial charge in [0.25, 0.3) is 0 Å². The van der Waals surface area contributed by atoms with Gasteiger partial charge in [0.05, 0.1) is 5.69 Å². The van der Waals surface area contributed by atoms with E-state index in [2.05, 4.69) is 42.8 Å². The van der Waals surface area contributed by atoms with Crippen LogP contribution in [0.3, 0.4) is 0 Å². The van der Waals surface area contributed by atoms with E-state index in [0.717, 1.165) is 24.3 Å². The molecule has 0 aliphatic carbocycles. The lowest BCUT2D eigenvalue weighted by Gasteiger charge is -2.28. The minimum atomic E-state index is 0.568. The highest BCUT2D eigenvalue weighted by atomic mass is 15.2. The summed E-state index contributed by atoms with van der Waals surface area (Å²) in [6.07, 6.45) is 5.58. The second-order valence-electron chi connectivity index (χ2n) is 4.94. The molecule has 0 aliphatic rings. The van der Waals surface area contributed by atoms with Crippen molar-refractivity contribution in [2.45, 2.75) is 59.2 Å². The van der Waals surface area contributed by atoms with E-state index in [0.29, 0.717) is 12.6 Å². The summed E-state index contributed by atoms with van der Waals surface area (Å²) in [6, 6.07) is 4.80. The SMILES string of the molecule is CCCCN(Cc1ccc(CN)cn1)C(C)CC. The first-order chi connectivity index (χ1) is 8.71. The smallest absolute Gasteiger partial charge is 0.0544 e. The number of nitrogens with zero attached hydrogens (tertiary/aromatic N) is 2. The lowest BCUT2D eigenvalue weighted by molar-refractivity contribution is 0.190. The number of unbranched alkanes of at least 4 members (excludes halogenated alkanes) is 1. The van der Waals surface area contributed by atoms with E-state index in [4.69, 9.17) is 5.73 Å². The van der Waals surface area contributed by atoms with Gasteiger partial charge >= 0.3 is 0 Å². The largest absolute Gasteiger partial charge is 0.326 e. The Hall–Kier alpha value is -0.930. The third-order valence-electron chi connectivity index (χ3n) is 3.50.